The maximum absolute atomic E-state index is 13.1. The van der Waals surface area contributed by atoms with Crippen molar-refractivity contribution in [2.75, 3.05) is 26.2 Å². The summed E-state index contributed by atoms with van der Waals surface area (Å²) in [5.41, 5.74) is 7.46. The second-order valence-electron chi connectivity index (χ2n) is 7.55. The Labute approximate surface area is 169 Å². The maximum atomic E-state index is 13.1. The molecule has 1 amide bonds. The highest BCUT2D eigenvalue weighted by Crippen LogP contribution is 2.28. The van der Waals surface area contributed by atoms with E-state index in [4.69, 9.17) is 5.73 Å². The fraction of sp³-hybridized carbons (Fsp3) is 0.632. The molecule has 1 heterocycles. The number of carbonyl (C=O) groups excluding carboxylic acids is 1. The molecule has 0 saturated carbocycles. The second kappa shape index (κ2) is 9.87. The molecule has 8 heteroatoms. The molecule has 1 atom stereocenters. The molecule has 0 radical (unpaired) electrons. The van der Waals surface area contributed by atoms with Crippen molar-refractivity contribution in [1.29, 1.82) is 0 Å². The first-order valence-electron chi connectivity index (χ1n) is 9.26. The zero-order valence-electron chi connectivity index (χ0n) is 16.6. The van der Waals surface area contributed by atoms with Crippen LogP contribution in [0.15, 0.2) is 17.0 Å². The van der Waals surface area contributed by atoms with Gasteiger partial charge in [0.05, 0.1) is 4.90 Å². The zero-order chi connectivity index (χ0) is 19.5. The molecule has 0 spiro atoms. The quantitative estimate of drug-likeness (QED) is 0.743. The van der Waals surface area contributed by atoms with E-state index in [1.165, 1.54) is 6.07 Å². The summed E-state index contributed by atoms with van der Waals surface area (Å²) in [6.07, 6.45) is 1.74. The molecule has 1 unspecified atom stereocenters. The van der Waals surface area contributed by atoms with E-state index in [0.717, 1.165) is 18.4 Å². The molecule has 1 fully saturated rings. The Morgan fingerprint density at radius 1 is 1.30 bits per heavy atom. The highest BCUT2D eigenvalue weighted by atomic mass is 35.5. The van der Waals surface area contributed by atoms with Crippen molar-refractivity contribution >= 4 is 28.3 Å². The third-order valence-corrected chi connectivity index (χ3v) is 7.28. The SMILES string of the molecule is Cc1cc(C(=O)NCC(C)CN)cc(S(=O)(=O)N2CCC(C)CC2)c1C.Cl. The highest BCUT2D eigenvalue weighted by molar-refractivity contribution is 7.89. The Bertz CT molecular complexity index is 760. The Balaban J connectivity index is 0.00000364. The number of halogens is 1. The molecule has 3 N–H and O–H groups in total. The Kier molecular flexibility index (Phi) is 8.73. The van der Waals surface area contributed by atoms with Crippen LogP contribution in [0.25, 0.3) is 0 Å². The molecule has 2 rings (SSSR count). The third kappa shape index (κ3) is 5.67. The lowest BCUT2D eigenvalue weighted by atomic mass is 10.0. The number of nitrogens with one attached hydrogen (secondary N) is 1. The molecule has 1 aliphatic rings. The highest BCUT2D eigenvalue weighted by Gasteiger charge is 2.30. The first kappa shape index (κ1) is 23.9. The van der Waals surface area contributed by atoms with E-state index in [0.29, 0.717) is 43.2 Å². The van der Waals surface area contributed by atoms with Gasteiger partial charge in [0, 0.05) is 25.2 Å². The number of hydrogen-bond donors (Lipinski definition) is 2. The van der Waals surface area contributed by atoms with Crippen LogP contribution in [0.2, 0.25) is 0 Å². The van der Waals surface area contributed by atoms with Gasteiger partial charge in [-0.05, 0) is 68.3 Å². The number of sulfonamides is 1. The van der Waals surface area contributed by atoms with Crippen molar-refractivity contribution in [2.45, 2.75) is 45.4 Å². The Morgan fingerprint density at radius 2 is 1.89 bits per heavy atom. The summed E-state index contributed by atoms with van der Waals surface area (Å²) in [6, 6.07) is 3.26. The minimum absolute atomic E-state index is 0. The molecule has 0 aliphatic carbocycles. The van der Waals surface area contributed by atoms with E-state index < -0.39 is 10.0 Å². The van der Waals surface area contributed by atoms with E-state index in [-0.39, 0.29) is 29.1 Å². The monoisotopic (exact) mass is 417 g/mol. The molecule has 154 valence electrons. The molecule has 1 aromatic carbocycles. The number of carbonyl (C=O) groups is 1. The van der Waals surface area contributed by atoms with Gasteiger partial charge in [0.2, 0.25) is 10.0 Å². The predicted octanol–water partition coefficient (Wildman–Crippen LogP) is 2.47. The van der Waals surface area contributed by atoms with E-state index in [1.807, 2.05) is 13.8 Å². The van der Waals surface area contributed by atoms with E-state index in [9.17, 15) is 13.2 Å². The molecule has 1 saturated heterocycles. The number of piperidine rings is 1. The van der Waals surface area contributed by atoms with Crippen molar-refractivity contribution in [3.05, 3.63) is 28.8 Å². The average Bonchev–Trinajstić information content (AvgIpc) is 2.61. The lowest BCUT2D eigenvalue weighted by Crippen LogP contribution is -2.38. The molecule has 27 heavy (non-hydrogen) atoms. The molecular formula is C19H32ClN3O3S. The lowest BCUT2D eigenvalue weighted by molar-refractivity contribution is 0.0948. The summed E-state index contributed by atoms with van der Waals surface area (Å²) < 4.78 is 27.8. The minimum atomic E-state index is -3.60. The first-order valence-corrected chi connectivity index (χ1v) is 10.7. The predicted molar refractivity (Wildman–Crippen MR) is 111 cm³/mol. The number of benzene rings is 1. The van der Waals surface area contributed by atoms with Crippen LogP contribution in [-0.4, -0.2) is 44.8 Å². The van der Waals surface area contributed by atoms with Gasteiger partial charge in [-0.3, -0.25) is 4.79 Å². The standard InChI is InChI=1S/C19H31N3O3S.ClH/c1-13-5-7-22(8-6-13)26(24,25)18-10-17(9-15(3)16(18)4)19(23)21-12-14(2)11-20;/h9-10,13-14H,5-8,11-12,20H2,1-4H3,(H,21,23);1H. The number of nitrogens with zero attached hydrogens (tertiary/aromatic N) is 1. The summed E-state index contributed by atoms with van der Waals surface area (Å²) in [4.78, 5) is 12.7. The summed E-state index contributed by atoms with van der Waals surface area (Å²) >= 11 is 0. The van der Waals surface area contributed by atoms with Crippen LogP contribution in [0.3, 0.4) is 0 Å². The van der Waals surface area contributed by atoms with Crippen LogP contribution in [0.1, 0.15) is 48.2 Å². The van der Waals surface area contributed by atoms with Crippen molar-refractivity contribution in [3.63, 3.8) is 0 Å². The van der Waals surface area contributed by atoms with Gasteiger partial charge in [-0.2, -0.15) is 4.31 Å². The smallest absolute Gasteiger partial charge is 0.251 e. The maximum Gasteiger partial charge on any atom is 0.251 e. The second-order valence-corrected chi connectivity index (χ2v) is 9.46. The van der Waals surface area contributed by atoms with E-state index in [1.54, 1.807) is 17.3 Å². The van der Waals surface area contributed by atoms with E-state index in [2.05, 4.69) is 12.2 Å². The number of rotatable bonds is 6. The van der Waals surface area contributed by atoms with Gasteiger partial charge >= 0.3 is 0 Å². The van der Waals surface area contributed by atoms with Crippen molar-refractivity contribution in [3.8, 4) is 0 Å². The van der Waals surface area contributed by atoms with Gasteiger partial charge in [0.25, 0.3) is 5.91 Å². The lowest BCUT2D eigenvalue weighted by Gasteiger charge is -2.30. The van der Waals surface area contributed by atoms with Gasteiger partial charge in [0.1, 0.15) is 0 Å². The molecule has 6 nitrogen and oxygen atoms in total. The fourth-order valence-electron chi connectivity index (χ4n) is 3.04. The number of hydrogen-bond acceptors (Lipinski definition) is 4. The number of nitrogens with two attached hydrogens (primary N) is 1. The van der Waals surface area contributed by atoms with Gasteiger partial charge in [0.15, 0.2) is 0 Å². The van der Waals surface area contributed by atoms with Crippen molar-refractivity contribution < 1.29 is 13.2 Å². The van der Waals surface area contributed by atoms with Gasteiger partial charge in [-0.15, -0.1) is 12.4 Å². The van der Waals surface area contributed by atoms with E-state index >= 15 is 0 Å². The Hall–Kier alpha value is -1.15. The summed E-state index contributed by atoms with van der Waals surface area (Å²) in [5.74, 6) is 0.451. The van der Waals surface area contributed by atoms with Crippen LogP contribution >= 0.6 is 12.4 Å². The third-order valence-electron chi connectivity index (χ3n) is 5.26. The van der Waals surface area contributed by atoms with Crippen molar-refractivity contribution in [1.82, 2.24) is 9.62 Å². The van der Waals surface area contributed by atoms with Crippen LogP contribution in [0.4, 0.5) is 0 Å². The molecule has 0 aromatic heterocycles. The molecular weight excluding hydrogens is 386 g/mol. The van der Waals surface area contributed by atoms with Gasteiger partial charge in [-0.25, -0.2) is 8.42 Å². The van der Waals surface area contributed by atoms with Crippen molar-refractivity contribution in [2.24, 2.45) is 17.6 Å². The average molecular weight is 418 g/mol. The fourth-order valence-corrected chi connectivity index (χ4v) is 4.84. The number of amides is 1. The molecule has 1 aromatic rings. The normalized spacial score (nSPS) is 17.2. The summed E-state index contributed by atoms with van der Waals surface area (Å²) in [6.45, 7) is 9.76. The van der Waals surface area contributed by atoms with Crippen LogP contribution in [0, 0.1) is 25.7 Å². The largest absolute Gasteiger partial charge is 0.352 e. The summed E-state index contributed by atoms with van der Waals surface area (Å²) in [5, 5.41) is 2.83. The Morgan fingerprint density at radius 3 is 2.44 bits per heavy atom. The molecule has 0 bridgehead atoms. The van der Waals surface area contributed by atoms with Crippen LogP contribution in [0.5, 0.6) is 0 Å². The molecule has 1 aliphatic heterocycles. The topological polar surface area (TPSA) is 92.5 Å². The first-order chi connectivity index (χ1) is 12.2. The van der Waals surface area contributed by atoms with Crippen LogP contribution in [-0.2, 0) is 10.0 Å². The number of aryl methyl sites for hydroxylation is 1. The van der Waals surface area contributed by atoms with Crippen LogP contribution < -0.4 is 11.1 Å². The zero-order valence-corrected chi connectivity index (χ0v) is 18.3. The van der Waals surface area contributed by atoms with Gasteiger partial charge < -0.3 is 11.1 Å². The van der Waals surface area contributed by atoms with Gasteiger partial charge in [-0.1, -0.05) is 13.8 Å². The summed E-state index contributed by atoms with van der Waals surface area (Å²) in [7, 11) is -3.60. The minimum Gasteiger partial charge on any atom is -0.352 e.